The average Bonchev–Trinajstić information content (AvgIpc) is 3.23. The predicted octanol–water partition coefficient (Wildman–Crippen LogP) is 2.61. The van der Waals surface area contributed by atoms with Crippen molar-refractivity contribution in [2.24, 2.45) is 0 Å². The second-order valence-corrected chi connectivity index (χ2v) is 8.56. The number of urea groups is 1. The number of rotatable bonds is 4. The molecule has 3 atom stereocenters. The molecule has 0 bridgehead atoms. The van der Waals surface area contributed by atoms with Gasteiger partial charge in [0.05, 0.1) is 24.1 Å². The van der Waals surface area contributed by atoms with Crippen molar-refractivity contribution in [1.29, 1.82) is 0 Å². The van der Waals surface area contributed by atoms with Crippen LogP contribution >= 0.6 is 0 Å². The van der Waals surface area contributed by atoms with Crippen LogP contribution in [0.3, 0.4) is 0 Å². The summed E-state index contributed by atoms with van der Waals surface area (Å²) in [5, 5.41) is 14.8. The Kier molecular flexibility index (Phi) is 6.31. The number of nitrogens with one attached hydrogen (secondary N) is 2. The van der Waals surface area contributed by atoms with Crippen LogP contribution in [0.2, 0.25) is 0 Å². The molecular weight excluding hydrogens is 402 g/mol. The van der Waals surface area contributed by atoms with E-state index < -0.39 is 12.1 Å². The van der Waals surface area contributed by atoms with Crippen molar-refractivity contribution < 1.29 is 29.0 Å². The van der Waals surface area contributed by atoms with E-state index in [1.165, 1.54) is 0 Å². The summed E-state index contributed by atoms with van der Waals surface area (Å²) in [5.74, 6) is -0.701. The van der Waals surface area contributed by atoms with E-state index in [2.05, 4.69) is 10.6 Å². The van der Waals surface area contributed by atoms with E-state index in [1.54, 1.807) is 30.1 Å². The Hall–Kier alpha value is -2.81. The zero-order valence-electron chi connectivity index (χ0n) is 17.6. The van der Waals surface area contributed by atoms with Gasteiger partial charge >= 0.3 is 12.0 Å². The average molecular weight is 431 g/mol. The van der Waals surface area contributed by atoms with Crippen LogP contribution in [0, 0.1) is 0 Å². The number of amides is 3. The maximum absolute atomic E-state index is 13.2. The molecule has 1 aromatic rings. The summed E-state index contributed by atoms with van der Waals surface area (Å²) >= 11 is 0. The third-order valence-electron chi connectivity index (χ3n) is 6.36. The van der Waals surface area contributed by atoms with Gasteiger partial charge in [0.1, 0.15) is 18.5 Å². The first-order chi connectivity index (χ1) is 14.9. The fourth-order valence-corrected chi connectivity index (χ4v) is 4.72. The summed E-state index contributed by atoms with van der Waals surface area (Å²) in [6.45, 7) is 0.223. The molecule has 2 aliphatic heterocycles. The molecule has 2 fully saturated rings. The Balaban J connectivity index is 1.47. The quantitative estimate of drug-likeness (QED) is 0.675. The maximum Gasteiger partial charge on any atom is 0.319 e. The summed E-state index contributed by atoms with van der Waals surface area (Å²) < 4.78 is 11.8. The number of hydrogen-bond acceptors (Lipinski definition) is 5. The van der Waals surface area contributed by atoms with Crippen LogP contribution in [0.1, 0.15) is 55.3 Å². The fourth-order valence-electron chi connectivity index (χ4n) is 4.72. The lowest BCUT2D eigenvalue weighted by molar-refractivity contribution is -0.148. The molecule has 0 radical (unpaired) electrons. The van der Waals surface area contributed by atoms with Gasteiger partial charge in [0.25, 0.3) is 5.91 Å². The Bertz CT molecular complexity index is 854. The minimum atomic E-state index is -0.901. The van der Waals surface area contributed by atoms with Gasteiger partial charge in [0.2, 0.25) is 0 Å². The monoisotopic (exact) mass is 431 g/mol. The lowest BCUT2D eigenvalue weighted by Crippen LogP contribution is -2.53. The molecule has 9 nitrogen and oxygen atoms in total. The highest BCUT2D eigenvalue weighted by atomic mass is 16.5. The van der Waals surface area contributed by atoms with Crippen molar-refractivity contribution in [3.63, 3.8) is 0 Å². The van der Waals surface area contributed by atoms with Gasteiger partial charge < -0.3 is 30.1 Å². The van der Waals surface area contributed by atoms with Gasteiger partial charge in [-0.15, -0.1) is 0 Å². The summed E-state index contributed by atoms with van der Waals surface area (Å²) in [4.78, 5) is 38.2. The number of hydrogen-bond donors (Lipinski definition) is 3. The molecule has 0 spiro atoms. The number of carboxylic acids is 1. The molecule has 3 N–H and O–H groups in total. The SMILES string of the molecule is CN1C(=O)c2cc(NC(=O)NC3CCCC3)ccc2OC[C@@H]2O[C@H](CC(=O)O)CC[C@@H]21. The van der Waals surface area contributed by atoms with Crippen molar-refractivity contribution in [3.8, 4) is 5.75 Å². The minimum Gasteiger partial charge on any atom is -0.490 e. The number of ether oxygens (including phenoxy) is 2. The highest BCUT2D eigenvalue weighted by molar-refractivity contribution is 5.99. The first-order valence-corrected chi connectivity index (χ1v) is 10.9. The third kappa shape index (κ3) is 4.92. The lowest BCUT2D eigenvalue weighted by Gasteiger charge is -2.42. The normalized spacial score (nSPS) is 26.2. The van der Waals surface area contributed by atoms with Crippen LogP contribution in [-0.4, -0.2) is 65.9 Å². The van der Waals surface area contributed by atoms with Crippen LogP contribution in [0.15, 0.2) is 18.2 Å². The molecule has 31 heavy (non-hydrogen) atoms. The maximum atomic E-state index is 13.2. The standard InChI is InChI=1S/C22H29N3O6/c1-25-17-8-7-15(11-20(26)27)31-19(17)12-30-18-9-6-14(10-16(18)21(25)28)24-22(29)23-13-4-2-3-5-13/h6,9-10,13,15,17,19H,2-5,7-8,11-12H2,1H3,(H,26,27)(H2,23,24,29)/t15-,17-,19-/m0/s1. The fraction of sp³-hybridized carbons (Fsp3) is 0.591. The molecule has 2 heterocycles. The molecule has 1 aromatic carbocycles. The van der Waals surface area contributed by atoms with Gasteiger partial charge in [-0.25, -0.2) is 4.79 Å². The number of aliphatic carboxylic acids is 1. The molecule has 4 rings (SSSR count). The molecule has 1 saturated carbocycles. The summed E-state index contributed by atoms with van der Waals surface area (Å²) in [6.07, 6.45) is 4.63. The molecule has 0 unspecified atom stereocenters. The second kappa shape index (κ2) is 9.13. The smallest absolute Gasteiger partial charge is 0.319 e. The first kappa shape index (κ1) is 21.4. The van der Waals surface area contributed by atoms with Crippen molar-refractivity contribution in [2.75, 3.05) is 19.0 Å². The molecule has 1 saturated heterocycles. The first-order valence-electron chi connectivity index (χ1n) is 10.9. The molecule has 168 valence electrons. The summed E-state index contributed by atoms with van der Waals surface area (Å²) in [5.41, 5.74) is 0.908. The van der Waals surface area contributed by atoms with Crippen LogP contribution in [-0.2, 0) is 9.53 Å². The van der Waals surface area contributed by atoms with E-state index in [0.717, 1.165) is 25.7 Å². The van der Waals surface area contributed by atoms with Crippen molar-refractivity contribution in [3.05, 3.63) is 23.8 Å². The number of benzene rings is 1. The van der Waals surface area contributed by atoms with E-state index in [0.29, 0.717) is 29.8 Å². The highest BCUT2D eigenvalue weighted by Crippen LogP contribution is 2.32. The molecule has 1 aliphatic carbocycles. The Morgan fingerprint density at radius 1 is 1.19 bits per heavy atom. The summed E-state index contributed by atoms with van der Waals surface area (Å²) in [6, 6.07) is 4.74. The van der Waals surface area contributed by atoms with Crippen molar-refractivity contribution in [2.45, 2.75) is 69.2 Å². The number of nitrogens with zero attached hydrogens (tertiary/aromatic N) is 1. The highest BCUT2D eigenvalue weighted by Gasteiger charge is 2.39. The Morgan fingerprint density at radius 2 is 1.97 bits per heavy atom. The van der Waals surface area contributed by atoms with E-state index in [4.69, 9.17) is 14.6 Å². The third-order valence-corrected chi connectivity index (χ3v) is 6.36. The van der Waals surface area contributed by atoms with Gasteiger partial charge in [-0.1, -0.05) is 12.8 Å². The zero-order valence-corrected chi connectivity index (χ0v) is 17.6. The van der Waals surface area contributed by atoms with Crippen LogP contribution in [0.25, 0.3) is 0 Å². The Morgan fingerprint density at radius 3 is 2.71 bits per heavy atom. The van der Waals surface area contributed by atoms with Gasteiger partial charge in [-0.2, -0.15) is 0 Å². The van der Waals surface area contributed by atoms with Crippen LogP contribution < -0.4 is 15.4 Å². The van der Waals surface area contributed by atoms with Gasteiger partial charge in [0.15, 0.2) is 0 Å². The van der Waals surface area contributed by atoms with Crippen molar-refractivity contribution in [1.82, 2.24) is 10.2 Å². The number of carboxylic acid groups (broad SMARTS) is 1. The van der Waals surface area contributed by atoms with E-state index in [-0.39, 0.29) is 43.2 Å². The van der Waals surface area contributed by atoms with Crippen molar-refractivity contribution >= 4 is 23.6 Å². The molecule has 3 amide bonds. The van der Waals surface area contributed by atoms with E-state index in [1.807, 2.05) is 0 Å². The van der Waals surface area contributed by atoms with E-state index in [9.17, 15) is 14.4 Å². The lowest BCUT2D eigenvalue weighted by atomic mass is 9.94. The van der Waals surface area contributed by atoms with Crippen LogP contribution in [0.4, 0.5) is 10.5 Å². The molecule has 9 heteroatoms. The number of anilines is 1. The number of fused-ring (bicyclic) bond motifs is 2. The Labute approximate surface area is 181 Å². The number of carbonyl (C=O) groups excluding carboxylic acids is 2. The molecule has 0 aromatic heterocycles. The number of carbonyl (C=O) groups is 3. The second-order valence-electron chi connectivity index (χ2n) is 8.56. The van der Waals surface area contributed by atoms with E-state index >= 15 is 0 Å². The van der Waals surface area contributed by atoms with Gasteiger partial charge in [-0.3, -0.25) is 9.59 Å². The molecule has 3 aliphatic rings. The topological polar surface area (TPSA) is 117 Å². The minimum absolute atomic E-state index is 0.0601. The predicted molar refractivity (Wildman–Crippen MR) is 112 cm³/mol. The van der Waals surface area contributed by atoms with Gasteiger partial charge in [0, 0.05) is 18.8 Å². The molecular formula is C22H29N3O6. The largest absolute Gasteiger partial charge is 0.490 e. The number of likely N-dealkylation sites (N-methyl/N-ethyl adjacent to an activating group) is 1. The zero-order chi connectivity index (χ0) is 22.0. The summed E-state index contributed by atoms with van der Waals surface area (Å²) in [7, 11) is 1.73. The van der Waals surface area contributed by atoms with Gasteiger partial charge in [-0.05, 0) is 43.9 Å². The van der Waals surface area contributed by atoms with Crippen LogP contribution in [0.5, 0.6) is 5.75 Å².